The number of benzene rings is 1. The monoisotopic (exact) mass is 260 g/mol. The van der Waals surface area contributed by atoms with Crippen molar-refractivity contribution in [3.05, 3.63) is 65.3 Å². The van der Waals surface area contributed by atoms with Gasteiger partial charge in [-0.1, -0.05) is 23.7 Å². The molecule has 3 aromatic rings. The Morgan fingerprint density at radius 1 is 1.11 bits per heavy atom. The number of pyridine rings is 1. The van der Waals surface area contributed by atoms with E-state index in [0.717, 1.165) is 16.5 Å². The quantitative estimate of drug-likeness (QED) is 0.640. The van der Waals surface area contributed by atoms with Crippen LogP contribution in [0.2, 0.25) is 5.15 Å². The van der Waals surface area contributed by atoms with Gasteiger partial charge in [-0.05, 0) is 29.8 Å². The van der Waals surface area contributed by atoms with Crippen LogP contribution >= 0.6 is 11.6 Å². The maximum absolute atomic E-state index is 12.8. The first-order chi connectivity index (χ1) is 8.74. The number of hydrogen-bond donors (Lipinski definition) is 0. The third kappa shape index (κ3) is 1.97. The fraction of sp³-hybridized carbons (Fsp3) is 0.0714. The molecular formula is C14H10ClFN2. The molecule has 0 spiro atoms. The summed E-state index contributed by atoms with van der Waals surface area (Å²) in [4.78, 5) is 4.04. The molecule has 1 aromatic carbocycles. The highest BCUT2D eigenvalue weighted by atomic mass is 35.5. The van der Waals surface area contributed by atoms with E-state index in [1.165, 1.54) is 12.1 Å². The molecule has 18 heavy (non-hydrogen) atoms. The fourth-order valence-electron chi connectivity index (χ4n) is 2.01. The maximum Gasteiger partial charge on any atom is 0.138 e. The second-order valence-corrected chi connectivity index (χ2v) is 4.46. The predicted molar refractivity (Wildman–Crippen MR) is 70.2 cm³/mol. The van der Waals surface area contributed by atoms with E-state index in [1.807, 2.05) is 18.3 Å². The molecule has 0 aliphatic rings. The van der Waals surface area contributed by atoms with Crippen molar-refractivity contribution in [2.24, 2.45) is 0 Å². The van der Waals surface area contributed by atoms with Gasteiger partial charge in [0.1, 0.15) is 11.0 Å². The van der Waals surface area contributed by atoms with Gasteiger partial charge in [-0.3, -0.25) is 0 Å². The van der Waals surface area contributed by atoms with Gasteiger partial charge in [0.2, 0.25) is 0 Å². The van der Waals surface area contributed by atoms with E-state index in [1.54, 1.807) is 18.3 Å². The highest BCUT2D eigenvalue weighted by Crippen LogP contribution is 2.22. The van der Waals surface area contributed by atoms with Crippen LogP contribution < -0.4 is 0 Å². The summed E-state index contributed by atoms with van der Waals surface area (Å²) in [6.07, 6.45) is 3.65. The van der Waals surface area contributed by atoms with Crippen LogP contribution in [-0.4, -0.2) is 9.55 Å². The van der Waals surface area contributed by atoms with E-state index in [9.17, 15) is 4.39 Å². The summed E-state index contributed by atoms with van der Waals surface area (Å²) in [5.74, 6) is -0.219. The molecule has 0 aliphatic heterocycles. The third-order valence-electron chi connectivity index (χ3n) is 2.92. The minimum atomic E-state index is -0.219. The molecule has 0 fully saturated rings. The molecule has 0 bridgehead atoms. The number of halogens is 2. The molecule has 0 aliphatic carbocycles. The third-order valence-corrected chi connectivity index (χ3v) is 3.22. The lowest BCUT2D eigenvalue weighted by Gasteiger charge is -2.05. The van der Waals surface area contributed by atoms with Crippen molar-refractivity contribution in [2.75, 3.05) is 0 Å². The van der Waals surface area contributed by atoms with Crippen molar-refractivity contribution in [1.29, 1.82) is 0 Å². The minimum absolute atomic E-state index is 0.219. The average Bonchev–Trinajstić information content (AvgIpc) is 2.77. The second-order valence-electron chi connectivity index (χ2n) is 4.10. The van der Waals surface area contributed by atoms with E-state index in [2.05, 4.69) is 9.55 Å². The summed E-state index contributed by atoms with van der Waals surface area (Å²) in [5.41, 5.74) is 2.07. The van der Waals surface area contributed by atoms with E-state index in [-0.39, 0.29) is 5.82 Å². The summed E-state index contributed by atoms with van der Waals surface area (Å²) in [5, 5.41) is 1.44. The Morgan fingerprint density at radius 3 is 2.67 bits per heavy atom. The number of nitrogens with zero attached hydrogens (tertiary/aromatic N) is 2. The average molecular weight is 261 g/mol. The summed E-state index contributed by atoms with van der Waals surface area (Å²) in [7, 11) is 0. The van der Waals surface area contributed by atoms with Crippen LogP contribution in [-0.2, 0) is 6.54 Å². The van der Waals surface area contributed by atoms with Crippen molar-refractivity contribution in [3.8, 4) is 0 Å². The molecule has 0 saturated heterocycles. The predicted octanol–water partition coefficient (Wildman–Crippen LogP) is 3.88. The van der Waals surface area contributed by atoms with E-state index >= 15 is 0 Å². The van der Waals surface area contributed by atoms with Gasteiger partial charge in [0.15, 0.2) is 0 Å². The summed E-state index contributed by atoms with van der Waals surface area (Å²) < 4.78 is 14.9. The van der Waals surface area contributed by atoms with Gasteiger partial charge in [0.05, 0.1) is 5.52 Å². The molecule has 2 aromatic heterocycles. The van der Waals surface area contributed by atoms with Gasteiger partial charge in [-0.25, -0.2) is 9.37 Å². The van der Waals surface area contributed by atoms with Gasteiger partial charge >= 0.3 is 0 Å². The van der Waals surface area contributed by atoms with Crippen LogP contribution in [0.15, 0.2) is 48.8 Å². The zero-order chi connectivity index (χ0) is 12.5. The molecule has 2 heterocycles. The van der Waals surface area contributed by atoms with Crippen molar-refractivity contribution in [2.45, 2.75) is 6.54 Å². The maximum atomic E-state index is 12.8. The van der Waals surface area contributed by atoms with Crippen LogP contribution in [0.3, 0.4) is 0 Å². The first-order valence-corrected chi connectivity index (χ1v) is 5.95. The lowest BCUT2D eigenvalue weighted by atomic mass is 10.2. The molecule has 0 unspecified atom stereocenters. The Balaban J connectivity index is 2.00. The van der Waals surface area contributed by atoms with Gasteiger partial charge in [-0.2, -0.15) is 0 Å². The number of hydrogen-bond acceptors (Lipinski definition) is 1. The summed E-state index contributed by atoms with van der Waals surface area (Å²) >= 11 is 6.02. The Hall–Kier alpha value is -1.87. The first-order valence-electron chi connectivity index (χ1n) is 5.58. The van der Waals surface area contributed by atoms with Crippen molar-refractivity contribution >= 4 is 22.5 Å². The zero-order valence-corrected chi connectivity index (χ0v) is 10.2. The van der Waals surface area contributed by atoms with Crippen LogP contribution in [0.1, 0.15) is 5.56 Å². The molecule has 0 saturated carbocycles. The normalized spacial score (nSPS) is 11.0. The van der Waals surface area contributed by atoms with Gasteiger partial charge < -0.3 is 4.57 Å². The van der Waals surface area contributed by atoms with Gasteiger partial charge in [-0.15, -0.1) is 0 Å². The first kappa shape index (κ1) is 11.2. The summed E-state index contributed by atoms with van der Waals surface area (Å²) in [6, 6.07) is 10.4. The minimum Gasteiger partial charge on any atom is -0.343 e. The number of aromatic nitrogens is 2. The molecule has 0 atom stereocenters. The zero-order valence-electron chi connectivity index (χ0n) is 9.48. The van der Waals surface area contributed by atoms with E-state index < -0.39 is 0 Å². The van der Waals surface area contributed by atoms with Crippen molar-refractivity contribution in [1.82, 2.24) is 9.55 Å². The topological polar surface area (TPSA) is 17.8 Å². The van der Waals surface area contributed by atoms with E-state index in [0.29, 0.717) is 11.7 Å². The Kier molecular flexibility index (Phi) is 2.76. The molecule has 0 radical (unpaired) electrons. The molecule has 4 heteroatoms. The van der Waals surface area contributed by atoms with Crippen LogP contribution in [0.25, 0.3) is 10.9 Å². The molecule has 2 nitrogen and oxygen atoms in total. The Bertz CT molecular complexity index is 689. The van der Waals surface area contributed by atoms with Crippen LogP contribution in [0, 0.1) is 5.82 Å². The van der Waals surface area contributed by atoms with E-state index in [4.69, 9.17) is 11.6 Å². The van der Waals surface area contributed by atoms with Crippen LogP contribution in [0.5, 0.6) is 0 Å². The molecular weight excluding hydrogens is 251 g/mol. The Morgan fingerprint density at radius 2 is 1.89 bits per heavy atom. The SMILES string of the molecule is Fc1ccc(Cn2ccc3c(Cl)nccc32)cc1. The van der Waals surface area contributed by atoms with Crippen molar-refractivity contribution in [3.63, 3.8) is 0 Å². The number of fused-ring (bicyclic) bond motifs is 1. The summed E-state index contributed by atoms with van der Waals surface area (Å²) in [6.45, 7) is 0.685. The lowest BCUT2D eigenvalue weighted by Crippen LogP contribution is -1.97. The lowest BCUT2D eigenvalue weighted by molar-refractivity contribution is 0.626. The fourth-order valence-corrected chi connectivity index (χ4v) is 2.23. The molecule has 0 N–H and O–H groups in total. The highest BCUT2D eigenvalue weighted by Gasteiger charge is 2.05. The second kappa shape index (κ2) is 4.42. The smallest absolute Gasteiger partial charge is 0.138 e. The number of rotatable bonds is 2. The van der Waals surface area contributed by atoms with Gasteiger partial charge in [0, 0.05) is 24.3 Å². The highest BCUT2D eigenvalue weighted by molar-refractivity contribution is 6.34. The molecule has 90 valence electrons. The van der Waals surface area contributed by atoms with Crippen molar-refractivity contribution < 1.29 is 4.39 Å². The molecule has 0 amide bonds. The largest absolute Gasteiger partial charge is 0.343 e. The molecule has 3 rings (SSSR count). The standard InChI is InChI=1S/C14H10ClFN2/c15-14-12-6-8-18(13(12)5-7-17-14)9-10-1-3-11(16)4-2-10/h1-8H,9H2. The van der Waals surface area contributed by atoms with Crippen LogP contribution in [0.4, 0.5) is 4.39 Å². The van der Waals surface area contributed by atoms with Gasteiger partial charge in [0.25, 0.3) is 0 Å². The Labute approximate surface area is 109 Å².